The number of unbranched alkanes of at least 4 members (excludes halogenated alkanes) is 2. The molecule has 2 aromatic rings. The Morgan fingerprint density at radius 3 is 2.20 bits per heavy atom. The lowest BCUT2D eigenvalue weighted by Gasteiger charge is -2.17. The maximum absolute atomic E-state index is 6.25. The Morgan fingerprint density at radius 1 is 0.920 bits per heavy atom. The van der Waals surface area contributed by atoms with E-state index in [0.29, 0.717) is 5.88 Å². The summed E-state index contributed by atoms with van der Waals surface area (Å²) in [6, 6.07) is 6.33. The minimum Gasteiger partial charge on any atom is -0.493 e. The third kappa shape index (κ3) is 4.97. The Morgan fingerprint density at radius 2 is 1.60 bits per heavy atom. The van der Waals surface area contributed by atoms with E-state index in [-0.39, 0.29) is 0 Å². The normalized spacial score (nSPS) is 10.8. The third-order valence-electron chi connectivity index (χ3n) is 4.40. The van der Waals surface area contributed by atoms with Crippen LogP contribution in [0.4, 0.5) is 0 Å². The van der Waals surface area contributed by atoms with Crippen LogP contribution in [-0.4, -0.2) is 11.6 Å². The predicted molar refractivity (Wildman–Crippen MR) is 104 cm³/mol. The van der Waals surface area contributed by atoms with Gasteiger partial charge in [0.2, 0.25) is 5.88 Å². The van der Waals surface area contributed by atoms with Gasteiger partial charge in [0, 0.05) is 11.8 Å². The smallest absolute Gasteiger partial charge is 0.226 e. The second kappa shape index (κ2) is 8.89. The Labute approximate surface area is 152 Å². The van der Waals surface area contributed by atoms with Gasteiger partial charge in [0.25, 0.3) is 0 Å². The van der Waals surface area contributed by atoms with E-state index >= 15 is 0 Å². The molecule has 0 radical (unpaired) electrons. The number of pyridine rings is 1. The summed E-state index contributed by atoms with van der Waals surface area (Å²) in [6.07, 6.45) is 4.31. The molecule has 1 aromatic heterocycles. The molecule has 2 rings (SSSR count). The van der Waals surface area contributed by atoms with Gasteiger partial charge < -0.3 is 9.47 Å². The van der Waals surface area contributed by atoms with E-state index in [0.717, 1.165) is 53.3 Å². The van der Waals surface area contributed by atoms with Gasteiger partial charge in [-0.2, -0.15) is 0 Å². The van der Waals surface area contributed by atoms with E-state index in [1.165, 1.54) is 18.4 Å². The van der Waals surface area contributed by atoms with Gasteiger partial charge in [-0.3, -0.25) is 0 Å². The monoisotopic (exact) mass is 341 g/mol. The van der Waals surface area contributed by atoms with Crippen molar-refractivity contribution < 1.29 is 9.47 Å². The number of benzene rings is 1. The molecular weight excluding hydrogens is 310 g/mol. The predicted octanol–water partition coefficient (Wildman–Crippen LogP) is 6.24. The first kappa shape index (κ1) is 19.3. The quantitative estimate of drug-likeness (QED) is 0.533. The topological polar surface area (TPSA) is 31.4 Å². The first-order valence-corrected chi connectivity index (χ1v) is 9.35. The Kier molecular flexibility index (Phi) is 6.86. The molecule has 0 saturated carbocycles. The molecule has 0 atom stereocenters. The average Bonchev–Trinajstić information content (AvgIpc) is 2.57. The maximum Gasteiger partial charge on any atom is 0.226 e. The first-order valence-electron chi connectivity index (χ1n) is 9.35. The second-order valence-corrected chi connectivity index (χ2v) is 6.78. The summed E-state index contributed by atoms with van der Waals surface area (Å²) in [5.41, 5.74) is 5.47. The van der Waals surface area contributed by atoms with Crippen LogP contribution in [0.1, 0.15) is 61.1 Å². The largest absolute Gasteiger partial charge is 0.493 e. The average molecular weight is 341 g/mol. The fraction of sp³-hybridized carbons (Fsp3) is 0.500. The van der Waals surface area contributed by atoms with Crippen molar-refractivity contribution >= 4 is 0 Å². The van der Waals surface area contributed by atoms with E-state index in [9.17, 15) is 0 Å². The van der Waals surface area contributed by atoms with Gasteiger partial charge in [-0.25, -0.2) is 4.98 Å². The highest BCUT2D eigenvalue weighted by Crippen LogP contribution is 2.34. The summed E-state index contributed by atoms with van der Waals surface area (Å²) in [5.74, 6) is 2.44. The molecule has 3 heteroatoms. The lowest BCUT2D eigenvalue weighted by molar-refractivity contribution is 0.301. The van der Waals surface area contributed by atoms with Crippen molar-refractivity contribution in [1.82, 2.24) is 4.98 Å². The van der Waals surface area contributed by atoms with E-state index in [1.54, 1.807) is 0 Å². The van der Waals surface area contributed by atoms with Crippen LogP contribution in [0.5, 0.6) is 17.4 Å². The number of aromatic nitrogens is 1. The molecule has 0 unspecified atom stereocenters. The number of rotatable bonds is 8. The van der Waals surface area contributed by atoms with Crippen molar-refractivity contribution in [3.8, 4) is 17.4 Å². The first-order chi connectivity index (χ1) is 12.0. The molecule has 0 aliphatic carbocycles. The van der Waals surface area contributed by atoms with Crippen molar-refractivity contribution in [2.24, 2.45) is 0 Å². The summed E-state index contributed by atoms with van der Waals surface area (Å²) in [5, 5.41) is 0. The van der Waals surface area contributed by atoms with Gasteiger partial charge in [-0.15, -0.1) is 0 Å². The van der Waals surface area contributed by atoms with Gasteiger partial charge in [-0.1, -0.05) is 44.4 Å². The molecule has 0 saturated heterocycles. The number of aryl methyl sites for hydroxylation is 4. The number of hydrogen-bond donors (Lipinski definition) is 0. The summed E-state index contributed by atoms with van der Waals surface area (Å²) in [6.45, 7) is 13.3. The number of hydrogen-bond acceptors (Lipinski definition) is 3. The third-order valence-corrected chi connectivity index (χ3v) is 4.40. The van der Waals surface area contributed by atoms with Crippen molar-refractivity contribution in [3.63, 3.8) is 0 Å². The highest BCUT2D eigenvalue weighted by Gasteiger charge is 2.14. The van der Waals surface area contributed by atoms with Gasteiger partial charge in [-0.05, 0) is 51.7 Å². The van der Waals surface area contributed by atoms with Crippen molar-refractivity contribution in [1.29, 1.82) is 0 Å². The number of ether oxygens (including phenoxy) is 2. The molecule has 0 fully saturated rings. The van der Waals surface area contributed by atoms with Crippen LogP contribution in [0, 0.1) is 27.7 Å². The van der Waals surface area contributed by atoms with Crippen LogP contribution < -0.4 is 9.47 Å². The molecule has 1 heterocycles. The SMILES string of the molecule is CCCCCOc1cc(CC)nc(Oc2c(C)cc(C)cc2C)c1C. The Bertz CT molecular complexity index is 699. The lowest BCUT2D eigenvalue weighted by Crippen LogP contribution is -2.04. The highest BCUT2D eigenvalue weighted by molar-refractivity contribution is 5.48. The highest BCUT2D eigenvalue weighted by atomic mass is 16.5. The Balaban J connectivity index is 2.31. The molecule has 25 heavy (non-hydrogen) atoms. The van der Waals surface area contributed by atoms with Crippen LogP contribution in [0.15, 0.2) is 18.2 Å². The molecule has 136 valence electrons. The van der Waals surface area contributed by atoms with Crippen LogP contribution in [0.25, 0.3) is 0 Å². The molecule has 3 nitrogen and oxygen atoms in total. The lowest BCUT2D eigenvalue weighted by atomic mass is 10.1. The van der Waals surface area contributed by atoms with Crippen LogP contribution in [0.2, 0.25) is 0 Å². The molecular formula is C22H31NO2. The standard InChI is InChI=1S/C22H31NO2/c1-7-9-10-11-24-20-14-19(8-2)23-22(18(20)6)25-21-16(4)12-15(3)13-17(21)5/h12-14H,7-11H2,1-6H3. The minimum absolute atomic E-state index is 0.653. The summed E-state index contributed by atoms with van der Waals surface area (Å²) >= 11 is 0. The molecule has 0 aliphatic rings. The number of nitrogens with zero attached hydrogens (tertiary/aromatic N) is 1. The minimum atomic E-state index is 0.653. The van der Waals surface area contributed by atoms with Crippen LogP contribution >= 0.6 is 0 Å². The van der Waals surface area contributed by atoms with E-state index < -0.39 is 0 Å². The van der Waals surface area contributed by atoms with Gasteiger partial charge in [0.15, 0.2) is 0 Å². The van der Waals surface area contributed by atoms with Gasteiger partial charge in [0.05, 0.1) is 12.2 Å². The van der Waals surface area contributed by atoms with Crippen molar-refractivity contribution in [2.75, 3.05) is 6.61 Å². The van der Waals surface area contributed by atoms with E-state index in [4.69, 9.17) is 14.5 Å². The molecule has 0 amide bonds. The second-order valence-electron chi connectivity index (χ2n) is 6.78. The zero-order valence-electron chi connectivity index (χ0n) is 16.5. The summed E-state index contributed by atoms with van der Waals surface area (Å²) in [7, 11) is 0. The molecule has 1 aromatic carbocycles. The zero-order valence-corrected chi connectivity index (χ0v) is 16.5. The Hall–Kier alpha value is -2.03. The zero-order chi connectivity index (χ0) is 18.4. The van der Waals surface area contributed by atoms with Gasteiger partial charge >= 0.3 is 0 Å². The fourth-order valence-electron chi connectivity index (χ4n) is 3.00. The van der Waals surface area contributed by atoms with Crippen LogP contribution in [0.3, 0.4) is 0 Å². The molecule has 0 N–H and O–H groups in total. The summed E-state index contributed by atoms with van der Waals surface area (Å²) in [4.78, 5) is 4.69. The van der Waals surface area contributed by atoms with Crippen molar-refractivity contribution in [2.45, 2.75) is 67.2 Å². The maximum atomic E-state index is 6.25. The molecule has 0 bridgehead atoms. The molecule has 0 spiro atoms. The fourth-order valence-corrected chi connectivity index (χ4v) is 3.00. The summed E-state index contributed by atoms with van der Waals surface area (Å²) < 4.78 is 12.3. The van der Waals surface area contributed by atoms with Gasteiger partial charge in [0.1, 0.15) is 11.5 Å². The van der Waals surface area contributed by atoms with E-state index in [1.807, 2.05) is 13.0 Å². The molecule has 0 aliphatic heterocycles. The van der Waals surface area contributed by atoms with E-state index in [2.05, 4.69) is 46.8 Å². The van der Waals surface area contributed by atoms with Crippen LogP contribution in [-0.2, 0) is 6.42 Å². The van der Waals surface area contributed by atoms with Crippen molar-refractivity contribution in [3.05, 3.63) is 46.1 Å².